The Morgan fingerprint density at radius 1 is 0.586 bits per heavy atom. The molecule has 0 saturated carbocycles. The number of nitrogens with two attached hydrogens (primary N) is 1. The van der Waals surface area contributed by atoms with Gasteiger partial charge in [-0.05, 0) is 51.7 Å². The predicted octanol–water partition coefficient (Wildman–Crippen LogP) is 6.08. The molecule has 4 heteroatoms. The Morgan fingerprint density at radius 2 is 1.03 bits per heavy atom. The summed E-state index contributed by atoms with van der Waals surface area (Å²) in [5.74, 6) is 0.239. The van der Waals surface area contributed by atoms with Gasteiger partial charge in [0.05, 0.1) is 0 Å². The second kappa shape index (κ2) is 25.4. The van der Waals surface area contributed by atoms with Crippen molar-refractivity contribution >= 4 is 5.91 Å². The lowest BCUT2D eigenvalue weighted by molar-refractivity contribution is -0.121. The highest BCUT2D eigenvalue weighted by Gasteiger charge is 2.00. The van der Waals surface area contributed by atoms with Crippen molar-refractivity contribution in [2.24, 2.45) is 5.73 Å². The Hall–Kier alpha value is -0.610. The van der Waals surface area contributed by atoms with E-state index in [1.165, 1.54) is 89.9 Å². The Balaban J connectivity index is 3.13. The fraction of sp³-hybridized carbons (Fsp3) is 0.960. The molecule has 0 spiro atoms. The van der Waals surface area contributed by atoms with Gasteiger partial charge in [0, 0.05) is 13.0 Å². The number of unbranched alkanes of at least 4 members (excludes halogenated alkanes) is 15. The quantitative estimate of drug-likeness (QED) is 0.169. The van der Waals surface area contributed by atoms with Crippen LogP contribution in [0.4, 0.5) is 0 Å². The summed E-state index contributed by atoms with van der Waals surface area (Å²) in [6, 6.07) is 0. The number of amides is 1. The van der Waals surface area contributed by atoms with E-state index in [1.807, 2.05) is 0 Å². The van der Waals surface area contributed by atoms with Crippen LogP contribution in [0.1, 0.15) is 129 Å². The molecule has 0 aromatic heterocycles. The van der Waals surface area contributed by atoms with Gasteiger partial charge in [-0.2, -0.15) is 0 Å². The van der Waals surface area contributed by atoms with Crippen molar-refractivity contribution < 1.29 is 4.79 Å². The normalized spacial score (nSPS) is 11.1. The van der Waals surface area contributed by atoms with Gasteiger partial charge in [0.25, 0.3) is 0 Å². The number of carbonyl (C=O) groups excluding carboxylic acids is 1. The second-order valence-corrected chi connectivity index (χ2v) is 8.65. The summed E-state index contributed by atoms with van der Waals surface area (Å²) >= 11 is 0. The minimum absolute atomic E-state index is 0.239. The van der Waals surface area contributed by atoms with E-state index >= 15 is 0 Å². The van der Waals surface area contributed by atoms with E-state index < -0.39 is 0 Å². The van der Waals surface area contributed by atoms with Crippen LogP contribution in [0.2, 0.25) is 0 Å². The molecule has 4 N–H and O–H groups in total. The molecule has 0 unspecified atom stereocenters. The SMILES string of the molecule is CCCCCCCCCCCCCCNC(=O)CCCCCNCCCCCN. The van der Waals surface area contributed by atoms with Crippen molar-refractivity contribution in [3.8, 4) is 0 Å². The highest BCUT2D eigenvalue weighted by molar-refractivity contribution is 5.75. The molecule has 0 aliphatic rings. The Kier molecular flexibility index (Phi) is 24.9. The average Bonchev–Trinajstić information content (AvgIpc) is 2.72. The summed E-state index contributed by atoms with van der Waals surface area (Å²) in [7, 11) is 0. The first-order valence-electron chi connectivity index (χ1n) is 13.0. The molecule has 0 aromatic carbocycles. The van der Waals surface area contributed by atoms with Crippen LogP contribution < -0.4 is 16.4 Å². The van der Waals surface area contributed by atoms with Crippen LogP contribution in [0, 0.1) is 0 Å². The fourth-order valence-electron chi connectivity index (χ4n) is 3.69. The van der Waals surface area contributed by atoms with Crippen molar-refractivity contribution in [1.29, 1.82) is 0 Å². The number of rotatable bonds is 24. The minimum Gasteiger partial charge on any atom is -0.356 e. The summed E-state index contributed by atoms with van der Waals surface area (Å²) in [4.78, 5) is 11.8. The summed E-state index contributed by atoms with van der Waals surface area (Å²) < 4.78 is 0. The third kappa shape index (κ3) is 25.4. The van der Waals surface area contributed by atoms with E-state index in [2.05, 4.69) is 17.6 Å². The third-order valence-electron chi connectivity index (χ3n) is 5.67. The molecular weight excluding hydrogens is 358 g/mol. The molecule has 0 aliphatic carbocycles. The predicted molar refractivity (Wildman–Crippen MR) is 128 cm³/mol. The molecule has 0 rings (SSSR count). The lowest BCUT2D eigenvalue weighted by Crippen LogP contribution is -2.24. The smallest absolute Gasteiger partial charge is 0.219 e. The fourth-order valence-corrected chi connectivity index (χ4v) is 3.69. The standard InChI is InChI=1S/C25H53N3O/c1-2-3-4-5-6-7-8-9-10-11-12-19-24-28-25(29)20-15-13-17-22-27-23-18-14-16-21-26/h27H,2-24,26H2,1H3,(H,28,29). The number of hydrogen-bond donors (Lipinski definition) is 3. The molecule has 0 atom stereocenters. The molecule has 4 nitrogen and oxygen atoms in total. The van der Waals surface area contributed by atoms with Gasteiger partial charge in [-0.3, -0.25) is 4.79 Å². The van der Waals surface area contributed by atoms with Crippen LogP contribution in [0.3, 0.4) is 0 Å². The van der Waals surface area contributed by atoms with E-state index in [-0.39, 0.29) is 5.91 Å². The molecule has 0 aromatic rings. The lowest BCUT2D eigenvalue weighted by atomic mass is 10.1. The third-order valence-corrected chi connectivity index (χ3v) is 5.67. The van der Waals surface area contributed by atoms with Gasteiger partial charge in [0.1, 0.15) is 0 Å². The Labute approximate surface area is 182 Å². The van der Waals surface area contributed by atoms with Crippen molar-refractivity contribution in [3.05, 3.63) is 0 Å². The molecular formula is C25H53N3O. The zero-order chi connectivity index (χ0) is 21.3. The molecule has 29 heavy (non-hydrogen) atoms. The zero-order valence-electron chi connectivity index (χ0n) is 19.7. The van der Waals surface area contributed by atoms with Crippen LogP contribution in [-0.2, 0) is 4.79 Å². The summed E-state index contributed by atoms with van der Waals surface area (Å²) in [5.41, 5.74) is 5.48. The summed E-state index contributed by atoms with van der Waals surface area (Å²) in [6.07, 6.45) is 23.9. The van der Waals surface area contributed by atoms with Gasteiger partial charge in [0.2, 0.25) is 5.91 Å². The Bertz CT molecular complexity index is 323. The molecule has 0 heterocycles. The Morgan fingerprint density at radius 3 is 1.59 bits per heavy atom. The average molecular weight is 412 g/mol. The van der Waals surface area contributed by atoms with E-state index in [1.54, 1.807) is 0 Å². The van der Waals surface area contributed by atoms with Crippen molar-refractivity contribution in [1.82, 2.24) is 10.6 Å². The lowest BCUT2D eigenvalue weighted by Gasteiger charge is -2.06. The molecule has 0 radical (unpaired) electrons. The van der Waals surface area contributed by atoms with Crippen molar-refractivity contribution in [2.45, 2.75) is 129 Å². The maximum absolute atomic E-state index is 11.8. The van der Waals surface area contributed by atoms with Crippen LogP contribution in [-0.4, -0.2) is 32.1 Å². The zero-order valence-corrected chi connectivity index (χ0v) is 19.7. The number of nitrogens with one attached hydrogen (secondary N) is 2. The highest BCUT2D eigenvalue weighted by Crippen LogP contribution is 2.11. The van der Waals surface area contributed by atoms with Gasteiger partial charge in [-0.1, -0.05) is 90.4 Å². The van der Waals surface area contributed by atoms with Crippen LogP contribution in [0.25, 0.3) is 0 Å². The van der Waals surface area contributed by atoms with E-state index in [9.17, 15) is 4.79 Å². The van der Waals surface area contributed by atoms with E-state index in [0.717, 1.165) is 51.9 Å². The summed E-state index contributed by atoms with van der Waals surface area (Å²) in [6.45, 7) is 6.12. The monoisotopic (exact) mass is 411 g/mol. The van der Waals surface area contributed by atoms with Crippen molar-refractivity contribution in [3.63, 3.8) is 0 Å². The van der Waals surface area contributed by atoms with Crippen molar-refractivity contribution in [2.75, 3.05) is 26.2 Å². The van der Waals surface area contributed by atoms with Gasteiger partial charge in [-0.15, -0.1) is 0 Å². The van der Waals surface area contributed by atoms with Gasteiger partial charge in [-0.25, -0.2) is 0 Å². The molecule has 0 bridgehead atoms. The van der Waals surface area contributed by atoms with Gasteiger partial charge >= 0.3 is 0 Å². The van der Waals surface area contributed by atoms with Gasteiger partial charge in [0.15, 0.2) is 0 Å². The first kappa shape index (κ1) is 28.4. The van der Waals surface area contributed by atoms with Gasteiger partial charge < -0.3 is 16.4 Å². The largest absolute Gasteiger partial charge is 0.356 e. The molecule has 0 fully saturated rings. The van der Waals surface area contributed by atoms with Crippen LogP contribution >= 0.6 is 0 Å². The van der Waals surface area contributed by atoms with Crippen LogP contribution in [0.5, 0.6) is 0 Å². The first-order chi connectivity index (χ1) is 14.3. The molecule has 0 saturated heterocycles. The maximum Gasteiger partial charge on any atom is 0.219 e. The van der Waals surface area contributed by atoms with E-state index in [0.29, 0.717) is 6.42 Å². The summed E-state index contributed by atoms with van der Waals surface area (Å²) in [5, 5.41) is 6.56. The topological polar surface area (TPSA) is 67.2 Å². The molecule has 1 amide bonds. The highest BCUT2D eigenvalue weighted by atomic mass is 16.1. The van der Waals surface area contributed by atoms with E-state index in [4.69, 9.17) is 5.73 Å². The molecule has 0 aliphatic heterocycles. The second-order valence-electron chi connectivity index (χ2n) is 8.65. The first-order valence-corrected chi connectivity index (χ1v) is 13.0. The van der Waals surface area contributed by atoms with Crippen LogP contribution in [0.15, 0.2) is 0 Å². The number of hydrogen-bond acceptors (Lipinski definition) is 3. The minimum atomic E-state index is 0.239. The molecule has 174 valence electrons. The number of carbonyl (C=O) groups is 1. The maximum atomic E-state index is 11.8.